The summed E-state index contributed by atoms with van der Waals surface area (Å²) in [6, 6.07) is 2.18. The van der Waals surface area contributed by atoms with Crippen LogP contribution in [0.3, 0.4) is 0 Å². The van der Waals surface area contributed by atoms with E-state index in [0.717, 1.165) is 51.4 Å². The Labute approximate surface area is 157 Å². The molecule has 2 aliphatic rings. The third kappa shape index (κ3) is 3.13. The van der Waals surface area contributed by atoms with Gasteiger partial charge in [-0.1, -0.05) is 11.6 Å². The molecule has 0 atom stereocenters. The van der Waals surface area contributed by atoms with Gasteiger partial charge in [0, 0.05) is 57.1 Å². The highest BCUT2D eigenvalue weighted by Crippen LogP contribution is 2.34. The molecular weight excluding hydrogens is 356 g/mol. The number of rotatable bonds is 4. The van der Waals surface area contributed by atoms with Crippen molar-refractivity contribution in [2.75, 3.05) is 38.8 Å². The maximum absolute atomic E-state index is 6.01. The van der Waals surface area contributed by atoms with Gasteiger partial charge in [0.05, 0.1) is 13.2 Å². The molecule has 0 bridgehead atoms. The predicted molar refractivity (Wildman–Crippen MR) is 98.4 cm³/mol. The first-order valence-electron chi connectivity index (χ1n) is 8.88. The van der Waals surface area contributed by atoms with Crippen LogP contribution in [-0.2, 0) is 17.7 Å². The minimum absolute atomic E-state index is 0.251. The summed E-state index contributed by atoms with van der Waals surface area (Å²) in [5.74, 6) is 2.05. The molecule has 4 rings (SSSR count). The topological polar surface area (TPSA) is 77.3 Å². The molecule has 26 heavy (non-hydrogen) atoms. The molecule has 0 spiro atoms. The molecule has 0 aliphatic carbocycles. The summed E-state index contributed by atoms with van der Waals surface area (Å²) in [7, 11) is 3.52. The van der Waals surface area contributed by atoms with Crippen molar-refractivity contribution in [2.24, 2.45) is 0 Å². The first-order valence-corrected chi connectivity index (χ1v) is 9.26. The highest BCUT2D eigenvalue weighted by Gasteiger charge is 2.28. The Morgan fingerprint density at radius 2 is 2.15 bits per heavy atom. The number of halogens is 1. The lowest BCUT2D eigenvalue weighted by molar-refractivity contribution is 0.0654. The molecule has 2 aromatic heterocycles. The van der Waals surface area contributed by atoms with Crippen molar-refractivity contribution < 1.29 is 9.47 Å². The van der Waals surface area contributed by atoms with Crippen molar-refractivity contribution in [1.82, 2.24) is 25.3 Å². The van der Waals surface area contributed by atoms with Gasteiger partial charge in [0.2, 0.25) is 0 Å². The van der Waals surface area contributed by atoms with Crippen LogP contribution in [0.4, 0.5) is 11.6 Å². The predicted octanol–water partition coefficient (Wildman–Crippen LogP) is 2.10. The van der Waals surface area contributed by atoms with E-state index in [4.69, 9.17) is 26.2 Å². The summed E-state index contributed by atoms with van der Waals surface area (Å²) in [5.41, 5.74) is 2.53. The van der Waals surface area contributed by atoms with E-state index in [-0.39, 0.29) is 5.15 Å². The quantitative estimate of drug-likeness (QED) is 0.872. The van der Waals surface area contributed by atoms with E-state index in [1.54, 1.807) is 13.2 Å². The molecule has 2 aromatic rings. The zero-order valence-corrected chi connectivity index (χ0v) is 15.8. The van der Waals surface area contributed by atoms with Gasteiger partial charge in [-0.2, -0.15) is 5.10 Å². The molecule has 0 unspecified atom stereocenters. The molecular formula is C17H23ClN6O2. The van der Waals surface area contributed by atoms with Crippen LogP contribution in [0.25, 0.3) is 0 Å². The number of nitrogens with zero attached hydrogens (tertiary/aromatic N) is 5. The number of fused-ring (bicyclic) bond motifs is 1. The summed E-state index contributed by atoms with van der Waals surface area (Å²) in [6.45, 7) is 3.36. The minimum atomic E-state index is 0.251. The SMILES string of the molecule is COc1cc(N(C)c2nn(C3CCOCC3)c3c2CNCC3)nnc1Cl. The average molecular weight is 379 g/mol. The second kappa shape index (κ2) is 7.38. The van der Waals surface area contributed by atoms with Crippen LogP contribution in [0.5, 0.6) is 5.75 Å². The molecule has 1 saturated heterocycles. The monoisotopic (exact) mass is 378 g/mol. The lowest BCUT2D eigenvalue weighted by atomic mass is 10.1. The number of methoxy groups -OCH3 is 1. The van der Waals surface area contributed by atoms with Crippen LogP contribution < -0.4 is 15.0 Å². The van der Waals surface area contributed by atoms with Gasteiger partial charge in [-0.3, -0.25) is 4.68 Å². The highest BCUT2D eigenvalue weighted by molar-refractivity contribution is 6.30. The Kier molecular flexibility index (Phi) is 4.97. The maximum atomic E-state index is 6.01. The fraction of sp³-hybridized carbons (Fsp3) is 0.588. The standard InChI is InChI=1S/C17H23ClN6O2/c1-23(15-9-14(25-2)16(18)21-20-15)17-12-10-19-6-3-13(12)24(22-17)11-4-7-26-8-5-11/h9,11,19H,3-8,10H2,1-2H3. The second-order valence-corrected chi connectivity index (χ2v) is 6.94. The number of aromatic nitrogens is 4. The van der Waals surface area contributed by atoms with E-state index in [0.29, 0.717) is 17.6 Å². The summed E-state index contributed by atoms with van der Waals surface area (Å²) >= 11 is 6.01. The molecule has 0 saturated carbocycles. The Morgan fingerprint density at radius 1 is 1.35 bits per heavy atom. The molecule has 4 heterocycles. The van der Waals surface area contributed by atoms with Crippen LogP contribution in [0.2, 0.25) is 5.15 Å². The van der Waals surface area contributed by atoms with E-state index in [1.807, 2.05) is 11.9 Å². The smallest absolute Gasteiger partial charge is 0.193 e. The average Bonchev–Trinajstić information content (AvgIpc) is 3.08. The van der Waals surface area contributed by atoms with Crippen LogP contribution in [0, 0.1) is 0 Å². The third-order valence-corrected chi connectivity index (χ3v) is 5.32. The van der Waals surface area contributed by atoms with E-state index in [9.17, 15) is 0 Å². The summed E-state index contributed by atoms with van der Waals surface area (Å²) in [4.78, 5) is 1.95. The van der Waals surface area contributed by atoms with Gasteiger partial charge < -0.3 is 19.7 Å². The minimum Gasteiger partial charge on any atom is -0.493 e. The fourth-order valence-electron chi connectivity index (χ4n) is 3.62. The van der Waals surface area contributed by atoms with Crippen molar-refractivity contribution in [3.63, 3.8) is 0 Å². The Hall–Kier alpha value is -1.90. The number of hydrogen-bond donors (Lipinski definition) is 1. The van der Waals surface area contributed by atoms with Gasteiger partial charge in [0.15, 0.2) is 22.5 Å². The van der Waals surface area contributed by atoms with E-state index in [2.05, 4.69) is 20.2 Å². The van der Waals surface area contributed by atoms with Crippen molar-refractivity contribution in [2.45, 2.75) is 31.8 Å². The van der Waals surface area contributed by atoms with Gasteiger partial charge in [-0.25, -0.2) is 0 Å². The molecule has 140 valence electrons. The van der Waals surface area contributed by atoms with Gasteiger partial charge in [-0.05, 0) is 12.8 Å². The van der Waals surface area contributed by atoms with Crippen LogP contribution >= 0.6 is 11.6 Å². The Bertz CT molecular complexity index is 790. The van der Waals surface area contributed by atoms with Gasteiger partial charge >= 0.3 is 0 Å². The lowest BCUT2D eigenvalue weighted by Crippen LogP contribution is -2.28. The molecule has 2 aliphatic heterocycles. The van der Waals surface area contributed by atoms with Gasteiger partial charge in [-0.15, -0.1) is 10.2 Å². The van der Waals surface area contributed by atoms with Gasteiger partial charge in [0.1, 0.15) is 0 Å². The molecule has 9 heteroatoms. The van der Waals surface area contributed by atoms with Crippen LogP contribution in [0.15, 0.2) is 6.07 Å². The normalized spacial score (nSPS) is 17.8. The first-order chi connectivity index (χ1) is 12.7. The fourth-order valence-corrected chi connectivity index (χ4v) is 3.79. The van der Waals surface area contributed by atoms with Crippen molar-refractivity contribution in [3.8, 4) is 5.75 Å². The van der Waals surface area contributed by atoms with E-state index < -0.39 is 0 Å². The third-order valence-electron chi connectivity index (χ3n) is 5.06. The van der Waals surface area contributed by atoms with Crippen LogP contribution in [-0.4, -0.2) is 53.9 Å². The molecule has 1 fully saturated rings. The lowest BCUT2D eigenvalue weighted by Gasteiger charge is -2.25. The number of nitrogens with one attached hydrogen (secondary N) is 1. The number of anilines is 2. The zero-order chi connectivity index (χ0) is 18.1. The molecule has 1 N–H and O–H groups in total. The van der Waals surface area contributed by atoms with Gasteiger partial charge in [0.25, 0.3) is 0 Å². The van der Waals surface area contributed by atoms with E-state index in [1.165, 1.54) is 11.3 Å². The van der Waals surface area contributed by atoms with Crippen LogP contribution in [0.1, 0.15) is 30.1 Å². The Balaban J connectivity index is 1.72. The van der Waals surface area contributed by atoms with Crippen molar-refractivity contribution in [3.05, 3.63) is 22.5 Å². The Morgan fingerprint density at radius 3 is 2.92 bits per heavy atom. The molecule has 8 nitrogen and oxygen atoms in total. The molecule has 0 aromatic carbocycles. The number of hydrogen-bond acceptors (Lipinski definition) is 7. The second-order valence-electron chi connectivity index (χ2n) is 6.58. The number of ether oxygens (including phenoxy) is 2. The van der Waals surface area contributed by atoms with E-state index >= 15 is 0 Å². The largest absolute Gasteiger partial charge is 0.493 e. The molecule has 0 radical (unpaired) electrons. The highest BCUT2D eigenvalue weighted by atomic mass is 35.5. The van der Waals surface area contributed by atoms with Crippen molar-refractivity contribution in [1.29, 1.82) is 0 Å². The first kappa shape index (κ1) is 17.5. The zero-order valence-electron chi connectivity index (χ0n) is 15.0. The van der Waals surface area contributed by atoms with Crippen molar-refractivity contribution >= 4 is 23.2 Å². The summed E-state index contributed by atoms with van der Waals surface area (Å²) < 4.78 is 13.0. The maximum Gasteiger partial charge on any atom is 0.193 e. The summed E-state index contributed by atoms with van der Waals surface area (Å²) in [5, 5.41) is 16.9. The summed E-state index contributed by atoms with van der Waals surface area (Å²) in [6.07, 6.45) is 2.97. The molecule has 0 amide bonds.